The minimum absolute atomic E-state index is 0.0416. The number of amides is 2. The lowest BCUT2D eigenvalue weighted by molar-refractivity contribution is 0.0228. The van der Waals surface area contributed by atoms with E-state index in [2.05, 4.69) is 9.97 Å². The van der Waals surface area contributed by atoms with Crippen LogP contribution in [0.25, 0.3) is 16.7 Å². The van der Waals surface area contributed by atoms with Gasteiger partial charge in [0.2, 0.25) is 0 Å². The van der Waals surface area contributed by atoms with E-state index >= 15 is 0 Å². The second kappa shape index (κ2) is 9.09. The number of piperidine rings is 1. The maximum absolute atomic E-state index is 13.1. The summed E-state index contributed by atoms with van der Waals surface area (Å²) in [7, 11) is 0. The Morgan fingerprint density at radius 2 is 1.77 bits per heavy atom. The number of carbonyl (C=O) groups excluding carboxylic acids is 2. The molecule has 2 saturated heterocycles. The molecule has 1 aromatic carbocycles. The molecule has 0 unspecified atom stereocenters. The third-order valence-electron chi connectivity index (χ3n) is 7.20. The molecule has 0 N–H and O–H groups in total. The summed E-state index contributed by atoms with van der Waals surface area (Å²) in [6.45, 7) is 3.11. The number of nitrogens with zero attached hydrogens (tertiary/aromatic N) is 5. The van der Waals surface area contributed by atoms with Gasteiger partial charge in [0.25, 0.3) is 11.8 Å². The van der Waals surface area contributed by atoms with Gasteiger partial charge in [0, 0.05) is 61.1 Å². The summed E-state index contributed by atoms with van der Waals surface area (Å²) in [4.78, 5) is 38.0. The van der Waals surface area contributed by atoms with E-state index in [0.717, 1.165) is 55.7 Å². The summed E-state index contributed by atoms with van der Waals surface area (Å²) in [6, 6.07) is 11.5. The van der Waals surface area contributed by atoms with Crippen LogP contribution in [-0.2, 0) is 0 Å². The predicted octanol–water partition coefficient (Wildman–Crippen LogP) is 4.76. The van der Waals surface area contributed by atoms with Crippen molar-refractivity contribution in [3.8, 4) is 5.82 Å². The van der Waals surface area contributed by atoms with Crippen LogP contribution in [-0.4, -0.2) is 62.3 Å². The van der Waals surface area contributed by atoms with Crippen LogP contribution in [0.4, 0.5) is 0 Å². The first-order valence-corrected chi connectivity index (χ1v) is 13.0. The highest BCUT2D eigenvalue weighted by Gasteiger charge is 2.38. The average Bonchev–Trinajstić information content (AvgIpc) is 3.54. The molecule has 2 fully saturated rings. The second-order valence-electron chi connectivity index (χ2n) is 9.23. The molecule has 0 bridgehead atoms. The van der Waals surface area contributed by atoms with Crippen molar-refractivity contribution in [2.75, 3.05) is 26.2 Å². The van der Waals surface area contributed by atoms with E-state index in [1.807, 2.05) is 62.3 Å². The van der Waals surface area contributed by atoms with Crippen molar-refractivity contribution in [1.82, 2.24) is 24.3 Å². The van der Waals surface area contributed by atoms with E-state index in [9.17, 15) is 9.59 Å². The number of benzene rings is 1. The zero-order valence-corrected chi connectivity index (χ0v) is 20.6. The van der Waals surface area contributed by atoms with Gasteiger partial charge in [-0.1, -0.05) is 11.6 Å². The minimum atomic E-state index is 0.0416. The molecule has 3 aromatic heterocycles. The molecule has 2 amide bonds. The number of carbonyl (C=O) groups is 2. The smallest absolute Gasteiger partial charge is 0.282 e. The third-order valence-corrected chi connectivity index (χ3v) is 8.19. The fourth-order valence-electron chi connectivity index (χ4n) is 5.18. The molecular formula is C26H24ClN5O2S. The van der Waals surface area contributed by atoms with Gasteiger partial charge in [0.15, 0.2) is 5.01 Å². The maximum Gasteiger partial charge on any atom is 0.282 e. The SMILES string of the molecule is O=C(c1ccc2c(ccn2-c2ccc(Cl)cn2)c1)N1CC(C2CCN(C(=O)c3nccs3)CC2)C1. The van der Waals surface area contributed by atoms with E-state index < -0.39 is 0 Å². The molecule has 35 heavy (non-hydrogen) atoms. The highest BCUT2D eigenvalue weighted by molar-refractivity contribution is 7.11. The Balaban J connectivity index is 1.06. The fourth-order valence-corrected chi connectivity index (χ4v) is 5.90. The van der Waals surface area contributed by atoms with Crippen molar-refractivity contribution >= 4 is 45.7 Å². The Bertz CT molecular complexity index is 1370. The van der Waals surface area contributed by atoms with E-state index in [1.54, 1.807) is 12.4 Å². The van der Waals surface area contributed by atoms with Crippen LogP contribution in [0.15, 0.2) is 60.4 Å². The second-order valence-corrected chi connectivity index (χ2v) is 10.6. The normalized spacial score (nSPS) is 17.1. The summed E-state index contributed by atoms with van der Waals surface area (Å²) in [5.41, 5.74) is 1.71. The number of fused-ring (bicyclic) bond motifs is 1. The summed E-state index contributed by atoms with van der Waals surface area (Å²) < 4.78 is 1.99. The Hall–Kier alpha value is -3.23. The lowest BCUT2D eigenvalue weighted by Gasteiger charge is -2.46. The number of hydrogen-bond acceptors (Lipinski definition) is 5. The summed E-state index contributed by atoms with van der Waals surface area (Å²) >= 11 is 7.36. The van der Waals surface area contributed by atoms with Crippen LogP contribution in [0, 0.1) is 11.8 Å². The number of likely N-dealkylation sites (tertiary alicyclic amines) is 2. The van der Waals surface area contributed by atoms with Crippen molar-refractivity contribution in [2.45, 2.75) is 12.8 Å². The average molecular weight is 506 g/mol. The molecule has 2 aliphatic rings. The molecule has 178 valence electrons. The van der Waals surface area contributed by atoms with Gasteiger partial charge in [-0.15, -0.1) is 11.3 Å². The monoisotopic (exact) mass is 505 g/mol. The minimum Gasteiger partial charge on any atom is -0.338 e. The first kappa shape index (κ1) is 22.2. The lowest BCUT2D eigenvalue weighted by atomic mass is 9.79. The fraction of sp³-hybridized carbons (Fsp3) is 0.308. The third kappa shape index (κ3) is 4.21. The quantitative estimate of drug-likeness (QED) is 0.401. The number of halogens is 1. The van der Waals surface area contributed by atoms with Crippen LogP contribution in [0.1, 0.15) is 33.0 Å². The van der Waals surface area contributed by atoms with Crippen molar-refractivity contribution < 1.29 is 9.59 Å². The van der Waals surface area contributed by atoms with Gasteiger partial charge < -0.3 is 14.4 Å². The van der Waals surface area contributed by atoms with E-state index in [-0.39, 0.29) is 11.8 Å². The van der Waals surface area contributed by atoms with Crippen LogP contribution in [0.5, 0.6) is 0 Å². The van der Waals surface area contributed by atoms with Gasteiger partial charge in [-0.3, -0.25) is 9.59 Å². The molecule has 0 saturated carbocycles. The summed E-state index contributed by atoms with van der Waals surface area (Å²) in [5.74, 6) is 1.98. The highest BCUT2D eigenvalue weighted by atomic mass is 35.5. The summed E-state index contributed by atoms with van der Waals surface area (Å²) in [5, 5.41) is 4.01. The predicted molar refractivity (Wildman–Crippen MR) is 136 cm³/mol. The molecule has 4 aromatic rings. The van der Waals surface area contributed by atoms with Gasteiger partial charge in [-0.2, -0.15) is 0 Å². The maximum atomic E-state index is 13.1. The molecule has 0 atom stereocenters. The molecule has 0 spiro atoms. The zero-order valence-electron chi connectivity index (χ0n) is 19.0. The molecule has 6 rings (SSSR count). The van der Waals surface area contributed by atoms with Crippen molar-refractivity contribution in [2.24, 2.45) is 11.8 Å². The number of rotatable bonds is 4. The van der Waals surface area contributed by atoms with Crippen molar-refractivity contribution in [3.05, 3.63) is 76.0 Å². The Labute approximate surface area is 212 Å². The van der Waals surface area contributed by atoms with Gasteiger partial charge in [-0.25, -0.2) is 9.97 Å². The zero-order chi connectivity index (χ0) is 23.9. The Morgan fingerprint density at radius 1 is 0.943 bits per heavy atom. The molecule has 2 aliphatic heterocycles. The molecule has 5 heterocycles. The van der Waals surface area contributed by atoms with Crippen molar-refractivity contribution in [1.29, 1.82) is 0 Å². The molecular weight excluding hydrogens is 482 g/mol. The van der Waals surface area contributed by atoms with E-state index in [1.165, 1.54) is 11.3 Å². The van der Waals surface area contributed by atoms with E-state index in [4.69, 9.17) is 11.6 Å². The lowest BCUT2D eigenvalue weighted by Crippen LogP contribution is -2.54. The standard InChI is InChI=1S/C26H24ClN5O2S/c27-21-2-4-23(29-14-21)32-11-7-18-13-19(1-3-22(18)32)25(33)31-15-20(16-31)17-5-9-30(10-6-17)26(34)24-28-8-12-35-24/h1-4,7-8,11-14,17,20H,5-6,9-10,15-16H2. The van der Waals surface area contributed by atoms with Crippen molar-refractivity contribution in [3.63, 3.8) is 0 Å². The molecule has 0 radical (unpaired) electrons. The number of thiazole rings is 1. The first-order chi connectivity index (χ1) is 17.1. The highest BCUT2D eigenvalue weighted by Crippen LogP contribution is 2.33. The van der Waals surface area contributed by atoms with E-state index in [0.29, 0.717) is 27.4 Å². The molecule has 9 heteroatoms. The van der Waals surface area contributed by atoms with Gasteiger partial charge >= 0.3 is 0 Å². The van der Waals surface area contributed by atoms with Crippen LogP contribution < -0.4 is 0 Å². The first-order valence-electron chi connectivity index (χ1n) is 11.8. The van der Waals surface area contributed by atoms with Crippen LogP contribution in [0.3, 0.4) is 0 Å². The number of pyridine rings is 1. The topological polar surface area (TPSA) is 71.3 Å². The number of hydrogen-bond donors (Lipinski definition) is 0. The largest absolute Gasteiger partial charge is 0.338 e. The number of aromatic nitrogens is 3. The van der Waals surface area contributed by atoms with Gasteiger partial charge in [0.1, 0.15) is 5.82 Å². The van der Waals surface area contributed by atoms with Gasteiger partial charge in [0.05, 0.1) is 10.5 Å². The summed E-state index contributed by atoms with van der Waals surface area (Å²) in [6.07, 6.45) is 7.24. The molecule has 7 nitrogen and oxygen atoms in total. The Kier molecular flexibility index (Phi) is 5.78. The van der Waals surface area contributed by atoms with Crippen LogP contribution in [0.2, 0.25) is 5.02 Å². The van der Waals surface area contributed by atoms with Gasteiger partial charge in [-0.05, 0) is 61.1 Å². The molecule has 0 aliphatic carbocycles. The Morgan fingerprint density at radius 3 is 2.49 bits per heavy atom. The van der Waals surface area contributed by atoms with Crippen LogP contribution >= 0.6 is 22.9 Å².